The minimum atomic E-state index is -0.605. The van der Waals surface area contributed by atoms with Gasteiger partial charge in [0.2, 0.25) is 5.91 Å². The molecule has 0 unspecified atom stereocenters. The number of fused-ring (bicyclic) bond motifs is 1. The first kappa shape index (κ1) is 22.8. The second kappa shape index (κ2) is 8.53. The molecule has 2 N–H and O–H groups in total. The molecule has 6 heteroatoms. The minimum absolute atomic E-state index is 0.0544. The molecule has 2 aliphatic carbocycles. The van der Waals surface area contributed by atoms with Gasteiger partial charge in [-0.15, -0.1) is 0 Å². The van der Waals surface area contributed by atoms with Crippen molar-refractivity contribution < 1.29 is 14.6 Å². The molecule has 4 rings (SSSR count). The molecule has 31 heavy (non-hydrogen) atoms. The highest BCUT2D eigenvalue weighted by Gasteiger charge is 2.61. The Kier molecular flexibility index (Phi) is 6.27. The van der Waals surface area contributed by atoms with Gasteiger partial charge in [-0.1, -0.05) is 13.8 Å². The third-order valence-electron chi connectivity index (χ3n) is 8.58. The standard InChI is InChI=1S/C25H41N3O3/c1-23(2)17-21(26-18-19-6-5-11-27(19)4)25(10-9-24(3,30)16-20(23)25)8-7-22(29)28-12-14-31-15-13-28/h5-6,11,20-21,26,30H,7-10,12-18H2,1-4H3/t20-,21-,24-,25-/m0/s1. The number of hydrogen-bond acceptors (Lipinski definition) is 4. The maximum Gasteiger partial charge on any atom is 0.222 e. The largest absolute Gasteiger partial charge is 0.390 e. The van der Waals surface area contributed by atoms with Crippen molar-refractivity contribution in [1.29, 1.82) is 0 Å². The quantitative estimate of drug-likeness (QED) is 0.726. The summed E-state index contributed by atoms with van der Waals surface area (Å²) in [6.45, 7) is 10.3. The molecule has 3 fully saturated rings. The van der Waals surface area contributed by atoms with E-state index in [0.29, 0.717) is 44.7 Å². The molecule has 1 saturated heterocycles. The van der Waals surface area contributed by atoms with Crippen molar-refractivity contribution in [3.05, 3.63) is 24.0 Å². The first-order chi connectivity index (χ1) is 14.6. The van der Waals surface area contributed by atoms with E-state index in [0.717, 1.165) is 38.6 Å². The number of amides is 1. The molecule has 1 aromatic heterocycles. The van der Waals surface area contributed by atoms with Gasteiger partial charge in [-0.25, -0.2) is 0 Å². The Hall–Kier alpha value is -1.37. The van der Waals surface area contributed by atoms with E-state index in [-0.39, 0.29) is 16.7 Å². The fourth-order valence-electron chi connectivity index (χ4n) is 6.73. The highest BCUT2D eigenvalue weighted by molar-refractivity contribution is 5.76. The topological polar surface area (TPSA) is 66.7 Å². The van der Waals surface area contributed by atoms with E-state index in [1.165, 1.54) is 5.69 Å². The van der Waals surface area contributed by atoms with Crippen LogP contribution in [-0.4, -0.2) is 58.4 Å². The van der Waals surface area contributed by atoms with Crippen LogP contribution in [0, 0.1) is 16.7 Å². The molecule has 174 valence electrons. The third kappa shape index (κ3) is 4.57. The first-order valence-corrected chi connectivity index (χ1v) is 12.0. The fraction of sp³-hybridized carbons (Fsp3) is 0.800. The lowest BCUT2D eigenvalue weighted by atomic mass is 9.57. The smallest absolute Gasteiger partial charge is 0.222 e. The third-order valence-corrected chi connectivity index (χ3v) is 8.58. The van der Waals surface area contributed by atoms with Crippen LogP contribution in [0.15, 0.2) is 18.3 Å². The summed E-state index contributed by atoms with van der Waals surface area (Å²) in [6, 6.07) is 4.62. The Bertz CT molecular complexity index is 781. The summed E-state index contributed by atoms with van der Waals surface area (Å²) in [7, 11) is 2.09. The molecule has 0 radical (unpaired) electrons. The predicted molar refractivity (Wildman–Crippen MR) is 121 cm³/mol. The monoisotopic (exact) mass is 431 g/mol. The van der Waals surface area contributed by atoms with Crippen molar-refractivity contribution in [3.8, 4) is 0 Å². The number of aromatic nitrogens is 1. The van der Waals surface area contributed by atoms with Crippen molar-refractivity contribution in [2.24, 2.45) is 23.8 Å². The maximum absolute atomic E-state index is 13.0. The fourth-order valence-corrected chi connectivity index (χ4v) is 6.73. The van der Waals surface area contributed by atoms with Crippen LogP contribution in [0.3, 0.4) is 0 Å². The van der Waals surface area contributed by atoms with Gasteiger partial charge in [0.25, 0.3) is 0 Å². The average Bonchev–Trinajstić information content (AvgIpc) is 3.23. The molecule has 1 amide bonds. The highest BCUT2D eigenvalue weighted by Crippen LogP contribution is 2.63. The van der Waals surface area contributed by atoms with Gasteiger partial charge in [0, 0.05) is 51.0 Å². The Labute approximate surface area is 187 Å². The van der Waals surface area contributed by atoms with Gasteiger partial charge in [0.1, 0.15) is 0 Å². The second-order valence-corrected chi connectivity index (χ2v) is 11.2. The number of rotatable bonds is 6. The number of nitrogens with one attached hydrogen (secondary N) is 1. The summed E-state index contributed by atoms with van der Waals surface area (Å²) in [5, 5.41) is 14.8. The summed E-state index contributed by atoms with van der Waals surface area (Å²) < 4.78 is 7.59. The van der Waals surface area contributed by atoms with Crippen LogP contribution in [0.4, 0.5) is 0 Å². The minimum Gasteiger partial charge on any atom is -0.390 e. The number of morpholine rings is 1. The normalized spacial score (nSPS) is 35.2. The van der Waals surface area contributed by atoms with Crippen LogP contribution in [-0.2, 0) is 23.1 Å². The number of hydrogen-bond donors (Lipinski definition) is 2. The average molecular weight is 432 g/mol. The maximum atomic E-state index is 13.0. The molecule has 0 aromatic carbocycles. The van der Waals surface area contributed by atoms with E-state index < -0.39 is 5.60 Å². The Morgan fingerprint density at radius 1 is 1.23 bits per heavy atom. The van der Waals surface area contributed by atoms with Gasteiger partial charge < -0.3 is 24.6 Å². The number of carbonyl (C=O) groups is 1. The van der Waals surface area contributed by atoms with E-state index in [4.69, 9.17) is 4.74 Å². The molecule has 1 aromatic rings. The van der Waals surface area contributed by atoms with Crippen molar-refractivity contribution >= 4 is 5.91 Å². The Morgan fingerprint density at radius 3 is 2.65 bits per heavy atom. The molecule has 0 bridgehead atoms. The SMILES string of the molecule is Cn1cccc1CN[C@H]1CC(C)(C)[C@@H]2C[C@@](C)(O)CC[C@]12CCC(=O)N1CCOCC1. The summed E-state index contributed by atoms with van der Waals surface area (Å²) in [6.07, 6.45) is 7.29. The van der Waals surface area contributed by atoms with E-state index in [1.54, 1.807) is 0 Å². The van der Waals surface area contributed by atoms with Crippen LogP contribution < -0.4 is 5.32 Å². The van der Waals surface area contributed by atoms with E-state index in [1.807, 2.05) is 11.8 Å². The highest BCUT2D eigenvalue weighted by atomic mass is 16.5. The van der Waals surface area contributed by atoms with Crippen LogP contribution in [0.2, 0.25) is 0 Å². The molecule has 2 saturated carbocycles. The summed E-state index contributed by atoms with van der Waals surface area (Å²) in [5.74, 6) is 0.673. The molecule has 6 nitrogen and oxygen atoms in total. The van der Waals surface area contributed by atoms with Crippen LogP contribution >= 0.6 is 0 Å². The number of nitrogens with zero attached hydrogens (tertiary/aromatic N) is 2. The molecular weight excluding hydrogens is 390 g/mol. The van der Waals surface area contributed by atoms with E-state index in [2.05, 4.69) is 49.1 Å². The van der Waals surface area contributed by atoms with Gasteiger partial charge >= 0.3 is 0 Å². The van der Waals surface area contributed by atoms with Crippen molar-refractivity contribution in [2.75, 3.05) is 26.3 Å². The van der Waals surface area contributed by atoms with Gasteiger partial charge in [0.15, 0.2) is 0 Å². The Morgan fingerprint density at radius 2 is 1.97 bits per heavy atom. The number of aryl methyl sites for hydroxylation is 1. The summed E-state index contributed by atoms with van der Waals surface area (Å²) >= 11 is 0. The van der Waals surface area contributed by atoms with Crippen LogP contribution in [0.25, 0.3) is 0 Å². The van der Waals surface area contributed by atoms with Gasteiger partial charge in [-0.2, -0.15) is 0 Å². The number of ether oxygens (including phenoxy) is 1. The lowest BCUT2D eigenvalue weighted by Gasteiger charge is -2.51. The van der Waals surface area contributed by atoms with Gasteiger partial charge in [-0.3, -0.25) is 4.79 Å². The van der Waals surface area contributed by atoms with Gasteiger partial charge in [-0.05, 0) is 67.9 Å². The van der Waals surface area contributed by atoms with Crippen molar-refractivity contribution in [2.45, 2.75) is 77.5 Å². The summed E-state index contributed by atoms with van der Waals surface area (Å²) in [4.78, 5) is 15.0. The molecule has 3 aliphatic rings. The zero-order chi connectivity index (χ0) is 22.3. The van der Waals surface area contributed by atoms with Gasteiger partial charge in [0.05, 0.1) is 18.8 Å². The van der Waals surface area contributed by atoms with Crippen LogP contribution in [0.1, 0.15) is 65.0 Å². The number of carbonyl (C=O) groups excluding carboxylic acids is 1. The lowest BCUT2D eigenvalue weighted by Crippen LogP contribution is -2.52. The molecular formula is C25H41N3O3. The zero-order valence-electron chi connectivity index (χ0n) is 19.8. The first-order valence-electron chi connectivity index (χ1n) is 12.0. The summed E-state index contributed by atoms with van der Waals surface area (Å²) in [5.41, 5.74) is 0.868. The number of aliphatic hydroxyl groups is 1. The van der Waals surface area contributed by atoms with E-state index in [9.17, 15) is 9.90 Å². The predicted octanol–water partition coefficient (Wildman–Crippen LogP) is 3.09. The van der Waals surface area contributed by atoms with E-state index >= 15 is 0 Å². The molecule has 2 heterocycles. The van der Waals surface area contributed by atoms with Crippen molar-refractivity contribution in [1.82, 2.24) is 14.8 Å². The molecule has 1 aliphatic heterocycles. The van der Waals surface area contributed by atoms with Crippen molar-refractivity contribution in [3.63, 3.8) is 0 Å². The Balaban J connectivity index is 1.54. The lowest BCUT2D eigenvalue weighted by molar-refractivity contribution is -0.137. The zero-order valence-corrected chi connectivity index (χ0v) is 19.8. The van der Waals surface area contributed by atoms with Crippen LogP contribution in [0.5, 0.6) is 0 Å². The molecule has 4 atom stereocenters. The second-order valence-electron chi connectivity index (χ2n) is 11.2. The molecule has 0 spiro atoms.